The average Bonchev–Trinajstić information content (AvgIpc) is 1.68. The SMILES string of the molecule is C=CCOC(=O)N[C@H](C(=O)N[C@@H](CCCNC(N)=O)C(=O)Nc1ccc(C[N+]2(CCOc3ccc(CC(=O)N4CCc5cc(-c6cc(C(=O)N(c7ccc(OC(=O)C(F)(F)F)cc7)c7cnn(C(F)F)c7)c(C)n6C)c(C(=O)N6Cc7ccccc7C[C@H]6C)cc5C4)cc3)CCOCC2)c(CNC)c1)C(C)C. The quantitative estimate of drug-likeness (QED) is 0.00635. The fourth-order valence-corrected chi connectivity index (χ4v) is 13.6. The maximum Gasteiger partial charge on any atom is 0.491 e. The van der Waals surface area contributed by atoms with Gasteiger partial charge in [-0.1, -0.05) is 69.0 Å². The van der Waals surface area contributed by atoms with Crippen LogP contribution in [0.15, 0.2) is 134 Å². The minimum absolute atomic E-state index is 0.00954. The number of amides is 8. The number of nitrogens with two attached hydrogens (primary N) is 1. The Balaban J connectivity index is 0.824. The second kappa shape index (κ2) is 35.0. The molecular weight excluding hydrogens is 1390 g/mol. The third-order valence-corrected chi connectivity index (χ3v) is 19.6. The number of carbonyl (C=O) groups excluding carboxylic acids is 8. The third kappa shape index (κ3) is 19.6. The van der Waals surface area contributed by atoms with E-state index >= 15 is 9.59 Å². The molecule has 5 aromatic carbocycles. The Morgan fingerprint density at radius 3 is 2.23 bits per heavy atom. The molecule has 0 unspecified atom stereocenters. The van der Waals surface area contributed by atoms with Gasteiger partial charge in [0.05, 0.1) is 43.3 Å². The molecule has 0 saturated carbocycles. The van der Waals surface area contributed by atoms with Crippen molar-refractivity contribution in [3.05, 3.63) is 190 Å². The fourth-order valence-electron chi connectivity index (χ4n) is 13.6. The van der Waals surface area contributed by atoms with Crippen LogP contribution in [-0.4, -0.2) is 167 Å². The number of esters is 1. The molecule has 7 N–H and O–H groups in total. The van der Waals surface area contributed by atoms with Crippen molar-refractivity contribution in [1.82, 2.24) is 45.4 Å². The lowest BCUT2D eigenvalue weighted by molar-refractivity contribution is -0.947. The van der Waals surface area contributed by atoms with Crippen LogP contribution >= 0.6 is 0 Å². The number of halogens is 5. The molecule has 30 heteroatoms. The van der Waals surface area contributed by atoms with Crippen LogP contribution in [0.3, 0.4) is 0 Å². The van der Waals surface area contributed by atoms with Crippen molar-refractivity contribution in [2.24, 2.45) is 18.7 Å². The number of nitrogens with one attached hydrogen (secondary N) is 5. The second-order valence-corrected chi connectivity index (χ2v) is 27.3. The van der Waals surface area contributed by atoms with Crippen LogP contribution < -0.4 is 46.7 Å². The monoisotopic (exact) mass is 1480 g/mol. The van der Waals surface area contributed by atoms with Gasteiger partial charge in [0.15, 0.2) is 0 Å². The van der Waals surface area contributed by atoms with Gasteiger partial charge in [0, 0.05) is 85.3 Å². The summed E-state index contributed by atoms with van der Waals surface area (Å²) in [5.41, 5.74) is 13.9. The van der Waals surface area contributed by atoms with E-state index in [9.17, 15) is 50.7 Å². The van der Waals surface area contributed by atoms with Gasteiger partial charge < -0.3 is 70.1 Å². The topological polar surface area (TPSA) is 292 Å². The highest BCUT2D eigenvalue weighted by atomic mass is 19.4. The molecule has 0 bridgehead atoms. The summed E-state index contributed by atoms with van der Waals surface area (Å²) in [6, 6.07) is 27.8. The highest BCUT2D eigenvalue weighted by Gasteiger charge is 2.42. The van der Waals surface area contributed by atoms with E-state index in [0.29, 0.717) is 128 Å². The van der Waals surface area contributed by atoms with Crippen LogP contribution in [-0.2, 0) is 81.1 Å². The van der Waals surface area contributed by atoms with Gasteiger partial charge in [0.25, 0.3) is 11.8 Å². The Kier molecular flexibility index (Phi) is 25.7. The van der Waals surface area contributed by atoms with Crippen molar-refractivity contribution < 1.29 is 83.7 Å². The molecule has 5 heterocycles. The molecule has 3 atom stereocenters. The molecule has 1 saturated heterocycles. The number of alkyl carbamates (subject to hydrolysis) is 1. The van der Waals surface area contributed by atoms with Crippen molar-refractivity contribution in [3.63, 3.8) is 0 Å². The summed E-state index contributed by atoms with van der Waals surface area (Å²) in [5, 5.41) is 17.8. The number of hydrogen-bond donors (Lipinski definition) is 6. The number of alkyl halides is 5. The predicted molar refractivity (Wildman–Crippen MR) is 387 cm³/mol. The van der Waals surface area contributed by atoms with Crippen molar-refractivity contribution in [2.75, 3.05) is 76.4 Å². The molecule has 25 nitrogen and oxygen atoms in total. The smallest absolute Gasteiger partial charge is 0.488 e. The van der Waals surface area contributed by atoms with Gasteiger partial charge >= 0.3 is 30.8 Å². The number of urea groups is 1. The van der Waals surface area contributed by atoms with Crippen LogP contribution in [0.1, 0.15) is 106 Å². The van der Waals surface area contributed by atoms with Crippen LogP contribution in [0, 0.1) is 12.8 Å². The number of ether oxygens (including phenoxy) is 4. The molecule has 2 aromatic heterocycles. The van der Waals surface area contributed by atoms with Crippen molar-refractivity contribution in [1.29, 1.82) is 0 Å². The highest BCUT2D eigenvalue weighted by Crippen LogP contribution is 2.38. The maximum absolute atomic E-state index is 15.4. The molecule has 0 aliphatic carbocycles. The number of quaternary nitrogens is 1. The number of anilines is 3. The van der Waals surface area contributed by atoms with Gasteiger partial charge in [-0.25, -0.2) is 19.1 Å². The zero-order chi connectivity index (χ0) is 76.9. The predicted octanol–water partition coefficient (Wildman–Crippen LogP) is 9.71. The minimum Gasteiger partial charge on any atom is -0.488 e. The van der Waals surface area contributed by atoms with Gasteiger partial charge in [-0.15, -0.1) is 0 Å². The van der Waals surface area contributed by atoms with E-state index in [2.05, 4.69) is 43.0 Å². The Morgan fingerprint density at radius 2 is 1.56 bits per heavy atom. The van der Waals surface area contributed by atoms with E-state index in [1.807, 2.05) is 97.7 Å². The van der Waals surface area contributed by atoms with Crippen LogP contribution in [0.4, 0.5) is 48.6 Å². The van der Waals surface area contributed by atoms with Crippen LogP contribution in [0.2, 0.25) is 0 Å². The van der Waals surface area contributed by atoms with Gasteiger partial charge in [-0.05, 0) is 153 Å². The summed E-state index contributed by atoms with van der Waals surface area (Å²) in [6.45, 7) is 13.1. The Bertz CT molecular complexity index is 4400. The number of hydrogen-bond acceptors (Lipinski definition) is 14. The molecule has 0 radical (unpaired) electrons. The van der Waals surface area contributed by atoms with Crippen LogP contribution in [0.25, 0.3) is 11.3 Å². The number of benzene rings is 5. The zero-order valence-corrected chi connectivity index (χ0v) is 60.4. The van der Waals surface area contributed by atoms with E-state index in [-0.39, 0.29) is 73.3 Å². The first-order chi connectivity index (χ1) is 51.1. The Morgan fingerprint density at radius 1 is 0.841 bits per heavy atom. The van der Waals surface area contributed by atoms with E-state index in [1.54, 1.807) is 43.4 Å². The summed E-state index contributed by atoms with van der Waals surface area (Å²) < 4.78 is 91.9. The summed E-state index contributed by atoms with van der Waals surface area (Å²) >= 11 is 0. The summed E-state index contributed by atoms with van der Waals surface area (Å²) in [7, 11) is 3.55. The first-order valence-corrected chi connectivity index (χ1v) is 35.3. The molecule has 107 heavy (non-hydrogen) atoms. The van der Waals surface area contributed by atoms with Gasteiger partial charge in [0.1, 0.15) is 63.0 Å². The lowest BCUT2D eigenvalue weighted by Crippen LogP contribution is -2.56. The number of carbonyl (C=O) groups is 8. The summed E-state index contributed by atoms with van der Waals surface area (Å²) in [4.78, 5) is 113. The summed E-state index contributed by atoms with van der Waals surface area (Å²) in [5.74, 6) is -4.98. The largest absolute Gasteiger partial charge is 0.491 e. The number of aromatic nitrogens is 3. The highest BCUT2D eigenvalue weighted by molar-refractivity contribution is 6.12. The zero-order valence-electron chi connectivity index (χ0n) is 60.4. The fraction of sp³-hybridized carbons (Fsp3) is 0.390. The number of morpholine rings is 1. The van der Waals surface area contributed by atoms with Crippen molar-refractivity contribution in [2.45, 2.75) is 117 Å². The standard InChI is InChI=1S/C77H88F5N13O12/c1-8-31-106-76(103)89-68(47(2)3)70(98)88-65(14-11-26-85-75(83)102)69(97)87-57-18-17-54(55(37-57)41-84-6)46-95(28-32-104-33-29-95)30-34-105-60-21-15-50(16-22-60)36-67(96)91-27-25-52-38-63(64(39-56(52)43-91)71(99)92-44-53-13-10-9-12-51(53)35-48(92)4)66-40-62(49(5)90(66)7)72(100)94(59-42-86-93(45-59)74(78)79)58-19-23-61(24-20-58)107-73(101)77(80,81)82/h8-10,12-13,15-24,37-40,42,45,47-48,65,68,74,84H,1,11,14,25-36,41,43-44,46H2,2-7H3,(H5-,83,85,87,88,89,97,98,102,103)/p+1/t48-,65+,68+/m1/s1. The molecule has 8 amide bonds. The molecule has 10 rings (SSSR count). The molecule has 3 aliphatic rings. The van der Waals surface area contributed by atoms with E-state index < -0.39 is 66.4 Å². The third-order valence-electron chi connectivity index (χ3n) is 19.6. The number of primary amides is 1. The molecule has 0 spiro atoms. The van der Waals surface area contributed by atoms with Crippen LogP contribution in [0.5, 0.6) is 11.5 Å². The lowest BCUT2D eigenvalue weighted by Gasteiger charge is -2.41. The van der Waals surface area contributed by atoms with Crippen molar-refractivity contribution >= 4 is 64.7 Å². The second-order valence-electron chi connectivity index (χ2n) is 27.3. The number of nitrogens with zero attached hydrogens (tertiary/aromatic N) is 7. The normalized spacial score (nSPS) is 15.3. The minimum atomic E-state index is -5.29. The molecule has 568 valence electrons. The maximum atomic E-state index is 15.4. The molecule has 3 aliphatic heterocycles. The van der Waals surface area contributed by atoms with E-state index in [4.69, 9.17) is 19.9 Å². The molecule has 1 fully saturated rings. The summed E-state index contributed by atoms with van der Waals surface area (Å²) in [6.07, 6.45) is -1.22. The number of rotatable bonds is 29. The molecule has 7 aromatic rings. The van der Waals surface area contributed by atoms with Gasteiger partial charge in [-0.3, -0.25) is 28.9 Å². The Hall–Kier alpha value is -11.0. The van der Waals surface area contributed by atoms with Crippen molar-refractivity contribution in [3.8, 4) is 22.8 Å². The van der Waals surface area contributed by atoms with E-state index in [1.165, 1.54) is 18.2 Å². The molecular formula is C77H89F5N13O12+. The number of fused-ring (bicyclic) bond motifs is 2. The Labute approximate surface area is 616 Å². The first kappa shape index (κ1) is 78.6. The average molecular weight is 1480 g/mol. The van der Waals surface area contributed by atoms with Gasteiger partial charge in [-0.2, -0.15) is 27.1 Å². The van der Waals surface area contributed by atoms with E-state index in [0.717, 1.165) is 68.4 Å². The first-order valence-electron chi connectivity index (χ1n) is 35.3. The van der Waals surface area contributed by atoms with Gasteiger partial charge in [0.2, 0.25) is 17.7 Å². The lowest BCUT2D eigenvalue weighted by atomic mass is 9.89.